The molecule has 1 atom stereocenters. The number of nitrogens with zero attached hydrogens (tertiary/aromatic N) is 1. The minimum Gasteiger partial charge on any atom is -0.308 e. The van der Waals surface area contributed by atoms with Crippen LogP contribution in [-0.4, -0.2) is 26.1 Å². The number of halogens is 3. The molecule has 0 spiro atoms. The molecule has 1 amide bonds. The molecule has 1 fully saturated rings. The van der Waals surface area contributed by atoms with Crippen LogP contribution in [0.5, 0.6) is 0 Å². The molecule has 8 heteroatoms. The minimum absolute atomic E-state index is 0.383. The van der Waals surface area contributed by atoms with Crippen molar-refractivity contribution in [1.82, 2.24) is 0 Å². The average molecular weight is 279 g/mol. The Balaban J connectivity index is 2.35. The number of amides is 1. The van der Waals surface area contributed by atoms with Crippen LogP contribution in [0.3, 0.4) is 0 Å². The summed E-state index contributed by atoms with van der Waals surface area (Å²) >= 11 is 0. The lowest BCUT2D eigenvalue weighted by Gasteiger charge is -2.16. The van der Waals surface area contributed by atoms with Crippen LogP contribution in [0.15, 0.2) is 18.2 Å². The molecule has 98 valence electrons. The first-order valence-electron chi connectivity index (χ1n) is 4.98. The van der Waals surface area contributed by atoms with Crippen molar-refractivity contribution < 1.29 is 25.9 Å². The van der Waals surface area contributed by atoms with Crippen molar-refractivity contribution in [2.45, 2.75) is 11.7 Å². The highest BCUT2D eigenvalue weighted by Gasteiger charge is 2.39. The molecule has 0 aliphatic carbocycles. The first-order chi connectivity index (χ1) is 8.29. The molecule has 0 aromatic heterocycles. The van der Waals surface area contributed by atoms with Gasteiger partial charge in [0.15, 0.2) is 0 Å². The van der Waals surface area contributed by atoms with E-state index in [0.29, 0.717) is 0 Å². The topological polar surface area (TPSA) is 54.5 Å². The van der Waals surface area contributed by atoms with E-state index in [2.05, 4.69) is 0 Å². The maximum Gasteiger partial charge on any atom is 0.307 e. The fourth-order valence-electron chi connectivity index (χ4n) is 1.79. The molecule has 1 heterocycles. The zero-order chi connectivity index (χ0) is 13.5. The molecular weight excluding hydrogens is 271 g/mol. The second-order valence-electron chi connectivity index (χ2n) is 3.90. The summed E-state index contributed by atoms with van der Waals surface area (Å²) in [6.07, 6.45) is -0.575. The van der Waals surface area contributed by atoms with Crippen molar-refractivity contribution in [3.8, 4) is 0 Å². The lowest BCUT2D eigenvalue weighted by atomic mass is 10.2. The number of carbonyl (C=O) groups excluding carboxylic acids is 1. The van der Waals surface area contributed by atoms with Crippen LogP contribution in [0, 0.1) is 11.6 Å². The quantitative estimate of drug-likeness (QED) is 0.768. The van der Waals surface area contributed by atoms with E-state index in [-0.39, 0.29) is 5.69 Å². The van der Waals surface area contributed by atoms with Gasteiger partial charge in [-0.3, -0.25) is 4.79 Å². The molecule has 0 saturated carbocycles. The standard InChI is InChI=1S/C10H8F3NO3S/c11-6-1-2-8(12)9(3-6)14-5-7(4-10(14)15)18(13,16)17/h1-3,7H,4-5H2. The molecular formula is C10H8F3NO3S. The Kier molecular flexibility index (Phi) is 3.05. The van der Waals surface area contributed by atoms with Crippen molar-refractivity contribution in [2.75, 3.05) is 11.4 Å². The number of carbonyl (C=O) groups is 1. The Morgan fingerprint density at radius 3 is 2.50 bits per heavy atom. The highest BCUT2D eigenvalue weighted by atomic mass is 32.3. The molecule has 1 saturated heterocycles. The van der Waals surface area contributed by atoms with Gasteiger partial charge in [0.1, 0.15) is 16.9 Å². The van der Waals surface area contributed by atoms with Crippen molar-refractivity contribution in [3.63, 3.8) is 0 Å². The van der Waals surface area contributed by atoms with Gasteiger partial charge in [-0.15, -0.1) is 3.89 Å². The molecule has 4 nitrogen and oxygen atoms in total. The zero-order valence-corrected chi connectivity index (χ0v) is 9.75. The highest BCUT2D eigenvalue weighted by Crippen LogP contribution is 2.28. The van der Waals surface area contributed by atoms with Gasteiger partial charge < -0.3 is 4.90 Å². The third kappa shape index (κ3) is 2.33. The number of anilines is 1. The SMILES string of the molecule is O=C1CC(S(=O)(=O)F)CN1c1cc(F)ccc1F. The number of rotatable bonds is 2. The van der Waals surface area contributed by atoms with Crippen LogP contribution in [-0.2, 0) is 15.0 Å². The molecule has 1 aromatic carbocycles. The van der Waals surface area contributed by atoms with E-state index < -0.39 is 46.0 Å². The summed E-state index contributed by atoms with van der Waals surface area (Å²) < 4.78 is 60.5. The van der Waals surface area contributed by atoms with Crippen LogP contribution in [0.4, 0.5) is 18.4 Å². The van der Waals surface area contributed by atoms with E-state index >= 15 is 0 Å². The van der Waals surface area contributed by atoms with Gasteiger partial charge in [0, 0.05) is 19.0 Å². The number of hydrogen-bond acceptors (Lipinski definition) is 3. The number of benzene rings is 1. The maximum atomic E-state index is 13.4. The Bertz CT molecular complexity index is 602. The van der Waals surface area contributed by atoms with E-state index in [1.807, 2.05) is 0 Å². The van der Waals surface area contributed by atoms with Gasteiger partial charge in [-0.05, 0) is 12.1 Å². The number of hydrogen-bond donors (Lipinski definition) is 0. The van der Waals surface area contributed by atoms with Crippen LogP contribution in [0.1, 0.15) is 6.42 Å². The van der Waals surface area contributed by atoms with Crippen molar-refractivity contribution >= 4 is 21.8 Å². The van der Waals surface area contributed by atoms with E-state index in [1.54, 1.807) is 0 Å². The van der Waals surface area contributed by atoms with Crippen LogP contribution in [0.2, 0.25) is 0 Å². The highest BCUT2D eigenvalue weighted by molar-refractivity contribution is 7.87. The molecule has 1 aromatic rings. The van der Waals surface area contributed by atoms with Gasteiger partial charge in [0.05, 0.1) is 5.69 Å². The molecule has 0 N–H and O–H groups in total. The minimum atomic E-state index is -4.88. The Labute approximate surface area is 101 Å². The third-order valence-corrected chi connectivity index (χ3v) is 3.80. The Morgan fingerprint density at radius 2 is 1.94 bits per heavy atom. The van der Waals surface area contributed by atoms with Gasteiger partial charge in [-0.25, -0.2) is 8.78 Å². The molecule has 1 unspecified atom stereocenters. The summed E-state index contributed by atoms with van der Waals surface area (Å²) in [7, 11) is -4.88. The maximum absolute atomic E-state index is 13.4. The second-order valence-corrected chi connectivity index (χ2v) is 5.52. The Hall–Kier alpha value is -1.57. The second kappa shape index (κ2) is 4.27. The lowest BCUT2D eigenvalue weighted by Crippen LogP contribution is -2.27. The first kappa shape index (κ1) is 12.9. The van der Waals surface area contributed by atoms with E-state index in [9.17, 15) is 25.9 Å². The monoisotopic (exact) mass is 279 g/mol. The molecule has 1 aliphatic rings. The van der Waals surface area contributed by atoms with Gasteiger partial charge in [0.2, 0.25) is 5.91 Å². The van der Waals surface area contributed by atoms with Gasteiger partial charge >= 0.3 is 10.2 Å². The predicted molar refractivity (Wildman–Crippen MR) is 57.1 cm³/mol. The summed E-state index contributed by atoms with van der Waals surface area (Å²) in [5.41, 5.74) is -0.383. The Morgan fingerprint density at radius 1 is 1.28 bits per heavy atom. The van der Waals surface area contributed by atoms with E-state index in [1.165, 1.54) is 0 Å². The van der Waals surface area contributed by atoms with Gasteiger partial charge in [0.25, 0.3) is 0 Å². The van der Waals surface area contributed by atoms with Gasteiger partial charge in [-0.2, -0.15) is 8.42 Å². The summed E-state index contributed by atoms with van der Waals surface area (Å²) in [6.45, 7) is -0.516. The summed E-state index contributed by atoms with van der Waals surface area (Å²) in [5.74, 6) is -2.40. The van der Waals surface area contributed by atoms with E-state index in [0.717, 1.165) is 23.1 Å². The zero-order valence-electron chi connectivity index (χ0n) is 8.94. The van der Waals surface area contributed by atoms with Crippen molar-refractivity contribution in [1.29, 1.82) is 0 Å². The lowest BCUT2D eigenvalue weighted by molar-refractivity contribution is -0.117. The fraction of sp³-hybridized carbons (Fsp3) is 0.300. The molecule has 2 rings (SSSR count). The van der Waals surface area contributed by atoms with Crippen LogP contribution < -0.4 is 4.90 Å². The first-order valence-corrected chi connectivity index (χ1v) is 6.42. The largest absolute Gasteiger partial charge is 0.308 e. The van der Waals surface area contributed by atoms with Crippen LogP contribution in [0.25, 0.3) is 0 Å². The molecule has 0 radical (unpaired) electrons. The van der Waals surface area contributed by atoms with Crippen molar-refractivity contribution in [2.24, 2.45) is 0 Å². The molecule has 18 heavy (non-hydrogen) atoms. The average Bonchev–Trinajstić information content (AvgIpc) is 2.64. The fourth-order valence-corrected chi connectivity index (χ4v) is 2.46. The summed E-state index contributed by atoms with van der Waals surface area (Å²) in [4.78, 5) is 12.2. The van der Waals surface area contributed by atoms with Crippen LogP contribution >= 0.6 is 0 Å². The van der Waals surface area contributed by atoms with Gasteiger partial charge in [-0.1, -0.05) is 0 Å². The molecule has 0 bridgehead atoms. The summed E-state index contributed by atoms with van der Waals surface area (Å²) in [5, 5.41) is -1.53. The predicted octanol–water partition coefficient (Wildman–Crippen LogP) is 1.37. The molecule has 1 aliphatic heterocycles. The normalized spacial score (nSPS) is 20.5. The van der Waals surface area contributed by atoms with Crippen molar-refractivity contribution in [3.05, 3.63) is 29.8 Å². The summed E-state index contributed by atoms with van der Waals surface area (Å²) in [6, 6.07) is 2.44. The third-order valence-electron chi connectivity index (χ3n) is 2.69. The smallest absolute Gasteiger partial charge is 0.307 e. The van der Waals surface area contributed by atoms with E-state index in [4.69, 9.17) is 0 Å².